The Balaban J connectivity index is 1.63. The standard InChI is InChI=1S/C14H20N2O/c1-10-5-6-13(9-15-10)17-14-7-11-3-2-4-12(8-14)16-11/h5-6,9,11-12,14,16H,2-4,7-8H2,1H3/t11-,12+,14-. The zero-order chi connectivity index (χ0) is 11.7. The van der Waals surface area contributed by atoms with E-state index in [1.165, 1.54) is 19.3 Å². The van der Waals surface area contributed by atoms with Crippen LogP contribution in [0.4, 0.5) is 0 Å². The maximum Gasteiger partial charge on any atom is 0.138 e. The van der Waals surface area contributed by atoms with Crippen molar-refractivity contribution in [2.24, 2.45) is 0 Å². The predicted octanol–water partition coefficient (Wildman–Crippen LogP) is 2.44. The SMILES string of the molecule is Cc1ccc(O[C@@H]2C[C@H]3CCC[C@@H](C2)N3)cn1. The van der Waals surface area contributed by atoms with E-state index in [0.717, 1.165) is 24.3 Å². The van der Waals surface area contributed by atoms with Crippen molar-refractivity contribution in [2.75, 3.05) is 0 Å². The first-order valence-corrected chi connectivity index (χ1v) is 6.65. The Labute approximate surface area is 103 Å². The van der Waals surface area contributed by atoms with Crippen molar-refractivity contribution in [3.05, 3.63) is 24.0 Å². The predicted molar refractivity (Wildman–Crippen MR) is 67.2 cm³/mol. The Morgan fingerprint density at radius 2 is 2.00 bits per heavy atom. The maximum absolute atomic E-state index is 6.04. The zero-order valence-corrected chi connectivity index (χ0v) is 10.4. The number of nitrogens with zero attached hydrogens (tertiary/aromatic N) is 1. The van der Waals surface area contributed by atoms with Gasteiger partial charge in [-0.15, -0.1) is 0 Å². The van der Waals surface area contributed by atoms with Gasteiger partial charge in [0.25, 0.3) is 0 Å². The van der Waals surface area contributed by atoms with E-state index in [1.807, 2.05) is 25.3 Å². The molecule has 2 bridgehead atoms. The van der Waals surface area contributed by atoms with Gasteiger partial charge >= 0.3 is 0 Å². The number of rotatable bonds is 2. The molecule has 2 fully saturated rings. The quantitative estimate of drug-likeness (QED) is 0.850. The number of piperidine rings is 2. The Morgan fingerprint density at radius 1 is 1.24 bits per heavy atom. The number of nitrogens with one attached hydrogen (secondary N) is 1. The first kappa shape index (κ1) is 11.0. The minimum absolute atomic E-state index is 0.371. The average Bonchev–Trinajstić information content (AvgIpc) is 2.32. The lowest BCUT2D eigenvalue weighted by Gasteiger charge is -2.40. The van der Waals surface area contributed by atoms with E-state index in [9.17, 15) is 0 Å². The summed E-state index contributed by atoms with van der Waals surface area (Å²) >= 11 is 0. The normalized spacial score (nSPS) is 32.2. The van der Waals surface area contributed by atoms with E-state index in [0.29, 0.717) is 18.2 Å². The van der Waals surface area contributed by atoms with Crippen LogP contribution in [0.15, 0.2) is 18.3 Å². The van der Waals surface area contributed by atoms with Gasteiger partial charge in [-0.25, -0.2) is 0 Å². The molecule has 3 heteroatoms. The molecule has 0 radical (unpaired) electrons. The molecule has 0 aromatic carbocycles. The molecule has 2 aliphatic heterocycles. The Bertz CT molecular complexity index is 364. The third-order valence-corrected chi connectivity index (χ3v) is 3.86. The van der Waals surface area contributed by atoms with E-state index in [1.54, 1.807) is 0 Å². The zero-order valence-electron chi connectivity index (χ0n) is 10.4. The minimum Gasteiger partial charge on any atom is -0.489 e. The fraction of sp³-hybridized carbons (Fsp3) is 0.643. The van der Waals surface area contributed by atoms with E-state index < -0.39 is 0 Å². The highest BCUT2D eigenvalue weighted by molar-refractivity contribution is 5.19. The topological polar surface area (TPSA) is 34.1 Å². The summed E-state index contributed by atoms with van der Waals surface area (Å²) in [5, 5.41) is 3.68. The van der Waals surface area contributed by atoms with Crippen LogP contribution in [0, 0.1) is 6.92 Å². The summed E-state index contributed by atoms with van der Waals surface area (Å²) < 4.78 is 6.04. The van der Waals surface area contributed by atoms with Crippen LogP contribution in [0.1, 0.15) is 37.8 Å². The van der Waals surface area contributed by atoms with Gasteiger partial charge in [0.2, 0.25) is 0 Å². The number of ether oxygens (including phenoxy) is 1. The molecule has 0 spiro atoms. The molecular weight excluding hydrogens is 212 g/mol. The fourth-order valence-corrected chi connectivity index (χ4v) is 3.03. The van der Waals surface area contributed by atoms with Crippen LogP contribution in [-0.4, -0.2) is 23.2 Å². The average molecular weight is 232 g/mol. The summed E-state index contributed by atoms with van der Waals surface area (Å²) in [6.07, 6.45) is 8.49. The molecule has 2 saturated heterocycles. The molecule has 0 saturated carbocycles. The highest BCUT2D eigenvalue weighted by Gasteiger charge is 2.32. The molecule has 3 atom stereocenters. The molecule has 0 unspecified atom stereocenters. The Kier molecular flexibility index (Phi) is 3.02. The monoisotopic (exact) mass is 232 g/mol. The minimum atomic E-state index is 0.371. The van der Waals surface area contributed by atoms with Crippen LogP contribution >= 0.6 is 0 Å². The van der Waals surface area contributed by atoms with Crippen molar-refractivity contribution in [3.63, 3.8) is 0 Å². The van der Waals surface area contributed by atoms with E-state index in [2.05, 4.69) is 10.3 Å². The van der Waals surface area contributed by atoms with Gasteiger partial charge < -0.3 is 10.1 Å². The van der Waals surface area contributed by atoms with Crippen LogP contribution in [0.25, 0.3) is 0 Å². The van der Waals surface area contributed by atoms with E-state index in [-0.39, 0.29) is 0 Å². The van der Waals surface area contributed by atoms with Gasteiger partial charge in [-0.1, -0.05) is 6.42 Å². The molecule has 17 heavy (non-hydrogen) atoms. The number of fused-ring (bicyclic) bond motifs is 2. The molecule has 1 aromatic heterocycles. The van der Waals surface area contributed by atoms with Crippen molar-refractivity contribution >= 4 is 0 Å². The largest absolute Gasteiger partial charge is 0.489 e. The number of hydrogen-bond donors (Lipinski definition) is 1. The van der Waals surface area contributed by atoms with Crippen LogP contribution in [0.3, 0.4) is 0 Å². The first-order valence-electron chi connectivity index (χ1n) is 6.65. The van der Waals surface area contributed by atoms with Crippen molar-refractivity contribution in [3.8, 4) is 5.75 Å². The van der Waals surface area contributed by atoms with E-state index >= 15 is 0 Å². The molecular formula is C14H20N2O. The van der Waals surface area contributed by atoms with Crippen LogP contribution in [-0.2, 0) is 0 Å². The van der Waals surface area contributed by atoms with Gasteiger partial charge in [-0.2, -0.15) is 0 Å². The third kappa shape index (κ3) is 2.60. The second-order valence-electron chi connectivity index (χ2n) is 5.34. The number of aromatic nitrogens is 1. The maximum atomic E-state index is 6.04. The van der Waals surface area contributed by atoms with Crippen molar-refractivity contribution in [1.29, 1.82) is 0 Å². The molecule has 0 amide bonds. The van der Waals surface area contributed by atoms with E-state index in [4.69, 9.17) is 4.74 Å². The van der Waals surface area contributed by atoms with Crippen molar-refractivity contribution < 1.29 is 4.74 Å². The molecule has 92 valence electrons. The molecule has 2 aliphatic rings. The molecule has 1 N–H and O–H groups in total. The van der Waals surface area contributed by atoms with Gasteiger partial charge in [0.05, 0.1) is 6.20 Å². The number of hydrogen-bond acceptors (Lipinski definition) is 3. The van der Waals surface area contributed by atoms with Gasteiger partial charge in [-0.05, 0) is 44.7 Å². The van der Waals surface area contributed by atoms with Gasteiger partial charge in [0.15, 0.2) is 0 Å². The summed E-state index contributed by atoms with van der Waals surface area (Å²) in [7, 11) is 0. The molecule has 3 rings (SSSR count). The summed E-state index contributed by atoms with van der Waals surface area (Å²) in [5.74, 6) is 0.917. The number of aryl methyl sites for hydroxylation is 1. The van der Waals surface area contributed by atoms with Gasteiger partial charge in [0, 0.05) is 17.8 Å². The van der Waals surface area contributed by atoms with Crippen LogP contribution < -0.4 is 10.1 Å². The van der Waals surface area contributed by atoms with Crippen molar-refractivity contribution in [2.45, 2.75) is 57.2 Å². The Hall–Kier alpha value is -1.09. The second kappa shape index (κ2) is 4.65. The molecule has 3 heterocycles. The summed E-state index contributed by atoms with van der Waals surface area (Å²) in [6, 6.07) is 5.38. The van der Waals surface area contributed by atoms with Gasteiger partial charge in [-0.3, -0.25) is 4.98 Å². The molecule has 3 nitrogen and oxygen atoms in total. The molecule has 0 aliphatic carbocycles. The van der Waals surface area contributed by atoms with Gasteiger partial charge in [0.1, 0.15) is 11.9 Å². The Morgan fingerprint density at radius 3 is 2.65 bits per heavy atom. The first-order chi connectivity index (χ1) is 8.29. The number of pyridine rings is 1. The summed E-state index contributed by atoms with van der Waals surface area (Å²) in [4.78, 5) is 4.28. The highest BCUT2D eigenvalue weighted by Crippen LogP contribution is 2.28. The lowest BCUT2D eigenvalue weighted by Crippen LogP contribution is -2.51. The van der Waals surface area contributed by atoms with Crippen LogP contribution in [0.5, 0.6) is 5.75 Å². The van der Waals surface area contributed by atoms with Crippen LogP contribution in [0.2, 0.25) is 0 Å². The smallest absolute Gasteiger partial charge is 0.138 e. The molecule has 1 aromatic rings. The fourth-order valence-electron chi connectivity index (χ4n) is 3.03. The second-order valence-corrected chi connectivity index (χ2v) is 5.34. The highest BCUT2D eigenvalue weighted by atomic mass is 16.5. The van der Waals surface area contributed by atoms with Crippen molar-refractivity contribution in [1.82, 2.24) is 10.3 Å². The third-order valence-electron chi connectivity index (χ3n) is 3.86. The summed E-state index contributed by atoms with van der Waals surface area (Å²) in [6.45, 7) is 2.00. The lowest BCUT2D eigenvalue weighted by atomic mass is 9.85. The summed E-state index contributed by atoms with van der Waals surface area (Å²) in [5.41, 5.74) is 1.04. The lowest BCUT2D eigenvalue weighted by molar-refractivity contribution is 0.0924.